The second kappa shape index (κ2) is 10.2. The van der Waals surface area contributed by atoms with Gasteiger partial charge in [0.2, 0.25) is 0 Å². The maximum atomic E-state index is 13.7. The van der Waals surface area contributed by atoms with Crippen LogP contribution in [-0.2, 0) is 4.74 Å². The molecule has 5 rings (SSSR count). The number of morpholine rings is 1. The van der Waals surface area contributed by atoms with Crippen LogP contribution in [0.4, 0.5) is 0 Å². The highest BCUT2D eigenvalue weighted by Gasteiger charge is 2.27. The van der Waals surface area contributed by atoms with Gasteiger partial charge >= 0.3 is 0 Å². The van der Waals surface area contributed by atoms with Crippen molar-refractivity contribution >= 4 is 16.9 Å². The molecule has 0 N–H and O–H groups in total. The summed E-state index contributed by atoms with van der Waals surface area (Å²) in [4.78, 5) is 23.2. The fraction of sp³-hybridized carbons (Fsp3) is 0.519. The molecule has 0 radical (unpaired) electrons. The van der Waals surface area contributed by atoms with Crippen LogP contribution in [0.25, 0.3) is 22.3 Å². The van der Waals surface area contributed by atoms with Gasteiger partial charge in [-0.25, -0.2) is 9.67 Å². The Labute approximate surface area is 201 Å². The lowest BCUT2D eigenvalue weighted by Crippen LogP contribution is -2.41. The molecule has 0 unspecified atom stereocenters. The number of amides is 1. The third-order valence-corrected chi connectivity index (χ3v) is 7.21. The van der Waals surface area contributed by atoms with Crippen LogP contribution in [0, 0.1) is 5.92 Å². The molecule has 2 aromatic heterocycles. The van der Waals surface area contributed by atoms with Crippen molar-refractivity contribution in [3.8, 4) is 11.3 Å². The van der Waals surface area contributed by atoms with Gasteiger partial charge in [-0.3, -0.25) is 9.69 Å². The van der Waals surface area contributed by atoms with Crippen LogP contribution in [-0.4, -0.2) is 76.4 Å². The van der Waals surface area contributed by atoms with Gasteiger partial charge < -0.3 is 9.64 Å². The van der Waals surface area contributed by atoms with E-state index in [9.17, 15) is 4.79 Å². The molecule has 0 saturated carbocycles. The molecular formula is C27H35N5O2. The number of pyridine rings is 1. The molecule has 3 aromatic rings. The van der Waals surface area contributed by atoms with Gasteiger partial charge in [0.05, 0.1) is 36.1 Å². The van der Waals surface area contributed by atoms with E-state index in [1.165, 1.54) is 6.42 Å². The Morgan fingerprint density at radius 3 is 2.53 bits per heavy atom. The Hall–Kier alpha value is -2.77. The Balaban J connectivity index is 1.33. The van der Waals surface area contributed by atoms with E-state index in [2.05, 4.69) is 23.8 Å². The van der Waals surface area contributed by atoms with E-state index in [1.54, 1.807) is 6.20 Å². The number of fused-ring (bicyclic) bond motifs is 1. The lowest BCUT2D eigenvalue weighted by molar-refractivity contribution is 0.0332. The van der Waals surface area contributed by atoms with Crippen LogP contribution in [0.2, 0.25) is 0 Å². The molecule has 2 fully saturated rings. The minimum Gasteiger partial charge on any atom is -0.379 e. The summed E-state index contributed by atoms with van der Waals surface area (Å²) in [6.07, 6.45) is 5.16. The van der Waals surface area contributed by atoms with Crippen LogP contribution in [0.15, 0.2) is 42.6 Å². The van der Waals surface area contributed by atoms with E-state index >= 15 is 0 Å². The lowest BCUT2D eigenvalue weighted by atomic mass is 9.92. The summed E-state index contributed by atoms with van der Waals surface area (Å²) in [6.45, 7) is 10.7. The van der Waals surface area contributed by atoms with Crippen LogP contribution in [0.1, 0.15) is 49.5 Å². The molecular weight excluding hydrogens is 426 g/mol. The van der Waals surface area contributed by atoms with Crippen LogP contribution >= 0.6 is 0 Å². The fourth-order valence-corrected chi connectivity index (χ4v) is 5.11. The summed E-state index contributed by atoms with van der Waals surface area (Å²) in [5.41, 5.74) is 3.32. The van der Waals surface area contributed by atoms with Gasteiger partial charge in [0, 0.05) is 37.8 Å². The predicted molar refractivity (Wildman–Crippen MR) is 134 cm³/mol. The number of hydrogen-bond donors (Lipinski definition) is 0. The number of hydrogen-bond acceptors (Lipinski definition) is 5. The minimum atomic E-state index is 0.0968. The predicted octanol–water partition coefficient (Wildman–Crippen LogP) is 4.25. The van der Waals surface area contributed by atoms with Crippen molar-refractivity contribution in [2.75, 3.05) is 45.9 Å². The van der Waals surface area contributed by atoms with Gasteiger partial charge in [-0.2, -0.15) is 5.10 Å². The van der Waals surface area contributed by atoms with E-state index in [-0.39, 0.29) is 11.9 Å². The van der Waals surface area contributed by atoms with Crippen molar-refractivity contribution in [3.63, 3.8) is 0 Å². The van der Waals surface area contributed by atoms with Gasteiger partial charge in [-0.05, 0) is 51.6 Å². The molecule has 1 aromatic carbocycles. The highest BCUT2D eigenvalue weighted by Crippen LogP contribution is 2.29. The molecule has 7 heteroatoms. The molecule has 0 atom stereocenters. The Bertz CT molecular complexity index is 1110. The number of rotatable bonds is 6. The maximum Gasteiger partial charge on any atom is 0.254 e. The number of benzene rings is 1. The van der Waals surface area contributed by atoms with Gasteiger partial charge in [0.25, 0.3) is 5.91 Å². The van der Waals surface area contributed by atoms with E-state index in [0.717, 1.165) is 81.1 Å². The van der Waals surface area contributed by atoms with E-state index in [4.69, 9.17) is 9.72 Å². The largest absolute Gasteiger partial charge is 0.379 e. The third-order valence-electron chi connectivity index (χ3n) is 7.21. The average molecular weight is 462 g/mol. The summed E-state index contributed by atoms with van der Waals surface area (Å²) < 4.78 is 7.37. The number of aromatic nitrogens is 3. The van der Waals surface area contributed by atoms with Gasteiger partial charge in [-0.1, -0.05) is 30.3 Å². The van der Waals surface area contributed by atoms with Crippen molar-refractivity contribution in [2.45, 2.75) is 39.2 Å². The second-order valence-corrected chi connectivity index (χ2v) is 9.82. The molecule has 180 valence electrons. The molecule has 4 heterocycles. The van der Waals surface area contributed by atoms with E-state index < -0.39 is 0 Å². The van der Waals surface area contributed by atoms with Gasteiger partial charge in [0.15, 0.2) is 5.65 Å². The van der Waals surface area contributed by atoms with Crippen molar-refractivity contribution in [3.05, 3.63) is 48.2 Å². The number of likely N-dealkylation sites (tertiary alicyclic amines) is 1. The van der Waals surface area contributed by atoms with Crippen LogP contribution in [0.5, 0.6) is 0 Å². The third kappa shape index (κ3) is 4.86. The Morgan fingerprint density at radius 1 is 1.09 bits per heavy atom. The van der Waals surface area contributed by atoms with Crippen molar-refractivity contribution < 1.29 is 9.53 Å². The summed E-state index contributed by atoms with van der Waals surface area (Å²) in [5.74, 6) is 0.785. The molecule has 1 amide bonds. The first kappa shape index (κ1) is 23.0. The van der Waals surface area contributed by atoms with Crippen LogP contribution < -0.4 is 0 Å². The molecule has 2 aliphatic heterocycles. The lowest BCUT2D eigenvalue weighted by Gasteiger charge is -2.34. The van der Waals surface area contributed by atoms with Crippen molar-refractivity contribution in [2.24, 2.45) is 5.92 Å². The number of piperidine rings is 1. The zero-order chi connectivity index (χ0) is 23.5. The summed E-state index contributed by atoms with van der Waals surface area (Å²) in [6, 6.07) is 12.2. The van der Waals surface area contributed by atoms with Crippen LogP contribution in [0.3, 0.4) is 0 Å². The minimum absolute atomic E-state index is 0.0968. The first-order valence-electron chi connectivity index (χ1n) is 12.6. The molecule has 0 spiro atoms. The highest BCUT2D eigenvalue weighted by molar-refractivity contribution is 6.06. The second-order valence-electron chi connectivity index (χ2n) is 9.82. The number of ether oxygens (including phenoxy) is 1. The summed E-state index contributed by atoms with van der Waals surface area (Å²) in [5, 5.41) is 5.41. The Kier molecular flexibility index (Phi) is 6.92. The molecule has 34 heavy (non-hydrogen) atoms. The SMILES string of the molecule is CC(C)n1ncc2c(C(=O)N3CCC(CCN4CCOCC4)CC3)cc(-c3ccccc3)nc21. The average Bonchev–Trinajstić information content (AvgIpc) is 3.32. The maximum absolute atomic E-state index is 13.7. The first-order valence-corrected chi connectivity index (χ1v) is 12.6. The molecule has 0 aliphatic carbocycles. The van der Waals surface area contributed by atoms with Gasteiger partial charge in [0.1, 0.15) is 0 Å². The fourth-order valence-electron chi connectivity index (χ4n) is 5.11. The first-order chi connectivity index (χ1) is 16.6. The van der Waals surface area contributed by atoms with Crippen molar-refractivity contribution in [1.29, 1.82) is 0 Å². The summed E-state index contributed by atoms with van der Waals surface area (Å²) in [7, 11) is 0. The van der Waals surface area contributed by atoms with Crippen molar-refractivity contribution in [1.82, 2.24) is 24.6 Å². The molecule has 2 saturated heterocycles. The van der Waals surface area contributed by atoms with Gasteiger partial charge in [-0.15, -0.1) is 0 Å². The highest BCUT2D eigenvalue weighted by atomic mass is 16.5. The Morgan fingerprint density at radius 2 is 1.82 bits per heavy atom. The van der Waals surface area contributed by atoms with E-state index in [0.29, 0.717) is 11.5 Å². The quantitative estimate of drug-likeness (QED) is 0.549. The molecule has 2 aliphatic rings. The number of carbonyl (C=O) groups excluding carboxylic acids is 1. The van der Waals surface area contributed by atoms with E-state index in [1.807, 2.05) is 46.0 Å². The standard InChI is InChI=1S/C27H35N5O2/c1-20(2)32-26-24(19-28-32)23(18-25(29-26)22-6-4-3-5-7-22)27(33)31-12-9-21(10-13-31)8-11-30-14-16-34-17-15-30/h3-7,18-21H,8-17H2,1-2H3. The topological polar surface area (TPSA) is 63.5 Å². The smallest absolute Gasteiger partial charge is 0.254 e. The monoisotopic (exact) mass is 461 g/mol. The normalized spacial score (nSPS) is 18.1. The molecule has 7 nitrogen and oxygen atoms in total. The zero-order valence-corrected chi connectivity index (χ0v) is 20.3. The molecule has 0 bridgehead atoms. The zero-order valence-electron chi connectivity index (χ0n) is 20.3. The summed E-state index contributed by atoms with van der Waals surface area (Å²) >= 11 is 0. The number of nitrogens with zero attached hydrogens (tertiary/aromatic N) is 5. The number of carbonyl (C=O) groups is 1.